The van der Waals surface area contributed by atoms with Crippen molar-refractivity contribution in [1.82, 2.24) is 0 Å². The average Bonchev–Trinajstić information content (AvgIpc) is 2.40. The number of carboxylic acid groups (broad SMARTS) is 1. The maximum absolute atomic E-state index is 11.0. The van der Waals surface area contributed by atoms with Crippen LogP contribution in [0.15, 0.2) is 64.9 Å². The molecule has 0 bridgehead atoms. The van der Waals surface area contributed by atoms with Crippen LogP contribution in [0.3, 0.4) is 0 Å². The predicted molar refractivity (Wildman–Crippen MR) is 74.7 cm³/mol. The molecule has 0 radical (unpaired) electrons. The van der Waals surface area contributed by atoms with Gasteiger partial charge in [0, 0.05) is 4.90 Å². The SMILES string of the molecule is O=C(O)c1ccccc1S/C=C/c1ccccc1. The zero-order valence-electron chi connectivity index (χ0n) is 9.61. The molecule has 0 aliphatic carbocycles. The zero-order valence-corrected chi connectivity index (χ0v) is 10.4. The van der Waals surface area contributed by atoms with Crippen molar-refractivity contribution in [2.24, 2.45) is 0 Å². The van der Waals surface area contributed by atoms with E-state index in [1.54, 1.807) is 12.1 Å². The summed E-state index contributed by atoms with van der Waals surface area (Å²) in [7, 11) is 0. The molecule has 1 N–H and O–H groups in total. The summed E-state index contributed by atoms with van der Waals surface area (Å²) in [6.07, 6.45) is 1.96. The molecule has 2 aromatic carbocycles. The van der Waals surface area contributed by atoms with Crippen molar-refractivity contribution in [3.05, 3.63) is 71.1 Å². The minimum absolute atomic E-state index is 0.334. The van der Waals surface area contributed by atoms with E-state index in [0.29, 0.717) is 5.56 Å². The highest BCUT2D eigenvalue weighted by Crippen LogP contribution is 2.24. The Bertz CT molecular complexity index is 562. The second kappa shape index (κ2) is 6.07. The van der Waals surface area contributed by atoms with Crippen molar-refractivity contribution in [2.75, 3.05) is 0 Å². The quantitative estimate of drug-likeness (QED) is 0.835. The number of hydrogen-bond donors (Lipinski definition) is 1. The summed E-state index contributed by atoms with van der Waals surface area (Å²) in [5.74, 6) is -0.897. The summed E-state index contributed by atoms with van der Waals surface area (Å²) >= 11 is 1.41. The van der Waals surface area contributed by atoms with Gasteiger partial charge >= 0.3 is 5.97 Å². The van der Waals surface area contributed by atoms with Crippen LogP contribution in [0.1, 0.15) is 15.9 Å². The number of thioether (sulfide) groups is 1. The number of hydrogen-bond acceptors (Lipinski definition) is 2. The molecular weight excluding hydrogens is 244 g/mol. The summed E-state index contributed by atoms with van der Waals surface area (Å²) in [6.45, 7) is 0. The van der Waals surface area contributed by atoms with Gasteiger partial charge in [-0.2, -0.15) is 0 Å². The van der Waals surface area contributed by atoms with Crippen LogP contribution >= 0.6 is 11.8 Å². The molecule has 90 valence electrons. The monoisotopic (exact) mass is 256 g/mol. The van der Waals surface area contributed by atoms with Gasteiger partial charge in [-0.05, 0) is 29.2 Å². The van der Waals surface area contributed by atoms with Crippen LogP contribution in [-0.2, 0) is 0 Å². The molecule has 0 aliphatic heterocycles. The van der Waals surface area contributed by atoms with Gasteiger partial charge in [0.1, 0.15) is 0 Å². The first kappa shape index (κ1) is 12.5. The summed E-state index contributed by atoms with van der Waals surface area (Å²) < 4.78 is 0. The highest BCUT2D eigenvalue weighted by atomic mass is 32.2. The standard InChI is InChI=1S/C15H12O2S/c16-15(17)13-8-4-5-9-14(13)18-11-10-12-6-2-1-3-7-12/h1-11H,(H,16,17)/b11-10+. The summed E-state index contributed by atoms with van der Waals surface area (Å²) in [5.41, 5.74) is 1.43. The Morgan fingerprint density at radius 1 is 1.00 bits per heavy atom. The van der Waals surface area contributed by atoms with E-state index in [4.69, 9.17) is 5.11 Å². The normalized spacial score (nSPS) is 10.7. The van der Waals surface area contributed by atoms with Crippen molar-refractivity contribution >= 4 is 23.8 Å². The van der Waals surface area contributed by atoms with Crippen LogP contribution in [0.2, 0.25) is 0 Å². The third kappa shape index (κ3) is 3.25. The molecule has 0 amide bonds. The molecule has 2 rings (SSSR count). The van der Waals surface area contributed by atoms with Crippen LogP contribution in [-0.4, -0.2) is 11.1 Å². The van der Waals surface area contributed by atoms with Gasteiger partial charge in [-0.15, -0.1) is 0 Å². The number of aromatic carboxylic acids is 1. The molecule has 0 saturated carbocycles. The van der Waals surface area contributed by atoms with Gasteiger partial charge in [-0.3, -0.25) is 0 Å². The highest BCUT2D eigenvalue weighted by Gasteiger charge is 2.07. The van der Waals surface area contributed by atoms with Gasteiger partial charge in [0.05, 0.1) is 5.56 Å². The number of rotatable bonds is 4. The molecule has 3 heteroatoms. The van der Waals surface area contributed by atoms with E-state index in [9.17, 15) is 4.79 Å². The Morgan fingerprint density at radius 2 is 1.67 bits per heavy atom. The molecule has 0 spiro atoms. The topological polar surface area (TPSA) is 37.3 Å². The van der Waals surface area contributed by atoms with E-state index in [1.165, 1.54) is 11.8 Å². The van der Waals surface area contributed by atoms with E-state index >= 15 is 0 Å². The molecule has 2 nitrogen and oxygen atoms in total. The fourth-order valence-corrected chi connectivity index (χ4v) is 2.31. The second-order valence-electron chi connectivity index (χ2n) is 3.63. The molecule has 0 unspecified atom stereocenters. The van der Waals surface area contributed by atoms with Crippen molar-refractivity contribution in [3.8, 4) is 0 Å². The van der Waals surface area contributed by atoms with Gasteiger partial charge in [0.25, 0.3) is 0 Å². The Morgan fingerprint density at radius 3 is 2.39 bits per heavy atom. The molecule has 18 heavy (non-hydrogen) atoms. The van der Waals surface area contributed by atoms with Gasteiger partial charge in [-0.1, -0.05) is 54.2 Å². The van der Waals surface area contributed by atoms with Gasteiger partial charge in [0.15, 0.2) is 0 Å². The van der Waals surface area contributed by atoms with Crippen LogP contribution in [0.25, 0.3) is 6.08 Å². The lowest BCUT2D eigenvalue weighted by Gasteiger charge is -2.01. The summed E-state index contributed by atoms with van der Waals surface area (Å²) in [5, 5.41) is 10.9. The molecule has 0 saturated heterocycles. The van der Waals surface area contributed by atoms with E-state index < -0.39 is 5.97 Å². The first-order valence-corrected chi connectivity index (χ1v) is 6.36. The number of carboxylic acids is 1. The first-order chi connectivity index (χ1) is 8.77. The minimum Gasteiger partial charge on any atom is -0.478 e. The molecule has 0 fully saturated rings. The molecule has 0 aliphatic rings. The second-order valence-corrected chi connectivity index (χ2v) is 4.58. The Balaban J connectivity index is 2.11. The highest BCUT2D eigenvalue weighted by molar-refractivity contribution is 8.02. The number of carbonyl (C=O) groups is 1. The largest absolute Gasteiger partial charge is 0.478 e. The maximum atomic E-state index is 11.0. The van der Waals surface area contributed by atoms with Gasteiger partial charge < -0.3 is 5.11 Å². The fraction of sp³-hybridized carbons (Fsp3) is 0. The van der Waals surface area contributed by atoms with E-state index in [1.807, 2.05) is 53.9 Å². The predicted octanol–water partition coefficient (Wildman–Crippen LogP) is 4.15. The Labute approximate surface area is 110 Å². The van der Waals surface area contributed by atoms with E-state index in [-0.39, 0.29) is 0 Å². The lowest BCUT2D eigenvalue weighted by molar-refractivity contribution is 0.0693. The maximum Gasteiger partial charge on any atom is 0.336 e. The molecular formula is C15H12O2S. The van der Waals surface area contributed by atoms with Crippen molar-refractivity contribution in [1.29, 1.82) is 0 Å². The van der Waals surface area contributed by atoms with Crippen molar-refractivity contribution < 1.29 is 9.90 Å². The third-order valence-electron chi connectivity index (χ3n) is 2.37. The van der Waals surface area contributed by atoms with Crippen LogP contribution in [0.4, 0.5) is 0 Å². The van der Waals surface area contributed by atoms with Crippen LogP contribution < -0.4 is 0 Å². The molecule has 0 atom stereocenters. The minimum atomic E-state index is -0.897. The molecule has 0 heterocycles. The molecule has 2 aromatic rings. The fourth-order valence-electron chi connectivity index (χ4n) is 1.50. The van der Waals surface area contributed by atoms with Crippen LogP contribution in [0, 0.1) is 0 Å². The third-order valence-corrected chi connectivity index (χ3v) is 3.25. The van der Waals surface area contributed by atoms with Gasteiger partial charge in [0.2, 0.25) is 0 Å². The lowest BCUT2D eigenvalue weighted by atomic mass is 10.2. The number of benzene rings is 2. The average molecular weight is 256 g/mol. The zero-order chi connectivity index (χ0) is 12.8. The van der Waals surface area contributed by atoms with E-state index in [0.717, 1.165) is 10.5 Å². The van der Waals surface area contributed by atoms with E-state index in [2.05, 4.69) is 0 Å². The first-order valence-electron chi connectivity index (χ1n) is 5.48. The van der Waals surface area contributed by atoms with Crippen molar-refractivity contribution in [3.63, 3.8) is 0 Å². The lowest BCUT2D eigenvalue weighted by Crippen LogP contribution is -1.97. The summed E-state index contributed by atoms with van der Waals surface area (Å²) in [6, 6.07) is 16.9. The summed E-state index contributed by atoms with van der Waals surface area (Å²) in [4.78, 5) is 11.8. The smallest absolute Gasteiger partial charge is 0.336 e. The Kier molecular flexibility index (Phi) is 4.20. The van der Waals surface area contributed by atoms with Crippen LogP contribution in [0.5, 0.6) is 0 Å². The van der Waals surface area contributed by atoms with Crippen molar-refractivity contribution in [2.45, 2.75) is 4.90 Å². The molecule has 0 aromatic heterocycles. The Hall–Kier alpha value is -2.00. The van der Waals surface area contributed by atoms with Gasteiger partial charge in [-0.25, -0.2) is 4.79 Å².